The number of hydrogen-bond acceptors (Lipinski definition) is 3. The fourth-order valence-electron chi connectivity index (χ4n) is 2.20. The van der Waals surface area contributed by atoms with E-state index >= 15 is 0 Å². The second-order valence-corrected chi connectivity index (χ2v) is 5.46. The van der Waals surface area contributed by atoms with Gasteiger partial charge in [-0.05, 0) is 36.2 Å². The highest BCUT2D eigenvalue weighted by Crippen LogP contribution is 2.21. The molecule has 0 spiro atoms. The topological polar surface area (TPSA) is 49.8 Å². The van der Waals surface area contributed by atoms with Gasteiger partial charge in [0.2, 0.25) is 5.91 Å². The van der Waals surface area contributed by atoms with Crippen LogP contribution < -0.4 is 4.74 Å². The molecule has 0 aromatic heterocycles. The minimum Gasteiger partial charge on any atom is -0.457 e. The van der Waals surface area contributed by atoms with E-state index in [0.717, 1.165) is 41.4 Å². The Morgan fingerprint density at radius 2 is 1.65 bits per heavy atom. The zero-order chi connectivity index (χ0) is 16.5. The van der Waals surface area contributed by atoms with E-state index in [4.69, 9.17) is 4.74 Å². The predicted octanol–water partition coefficient (Wildman–Crippen LogP) is 4.43. The molecule has 2 rings (SSSR count). The lowest BCUT2D eigenvalue weighted by Crippen LogP contribution is -2.29. The molecular weight excluding hydrogens is 290 g/mol. The Bertz CT molecular complexity index is 596. The number of carbonyl (C=O) groups is 1. The Balaban J connectivity index is 1.86. The number of rotatable bonds is 8. The molecule has 0 saturated heterocycles. The summed E-state index contributed by atoms with van der Waals surface area (Å²) in [7, 11) is 0. The number of para-hydroxylation sites is 1. The second-order valence-electron chi connectivity index (χ2n) is 5.46. The van der Waals surface area contributed by atoms with Crippen LogP contribution in [0.3, 0.4) is 0 Å². The van der Waals surface area contributed by atoms with Crippen LogP contribution in [0.5, 0.6) is 11.5 Å². The van der Waals surface area contributed by atoms with Crippen molar-refractivity contribution in [1.82, 2.24) is 5.06 Å². The van der Waals surface area contributed by atoms with Gasteiger partial charge in [0.15, 0.2) is 0 Å². The largest absolute Gasteiger partial charge is 0.457 e. The zero-order valence-corrected chi connectivity index (χ0v) is 13.4. The lowest BCUT2D eigenvalue weighted by Gasteiger charge is -2.14. The third-order valence-corrected chi connectivity index (χ3v) is 3.52. The summed E-state index contributed by atoms with van der Waals surface area (Å²) in [5.41, 5.74) is 0.852. The summed E-state index contributed by atoms with van der Waals surface area (Å²) < 4.78 is 5.71. The van der Waals surface area contributed by atoms with E-state index in [2.05, 4.69) is 6.92 Å². The molecule has 0 fully saturated rings. The van der Waals surface area contributed by atoms with Crippen LogP contribution in [0.4, 0.5) is 0 Å². The standard InChI is InChI=1S/C19H23NO3/c1-2-3-7-14-20(22)19(21)15-16-10-12-18(13-11-16)23-17-8-5-4-6-9-17/h4-6,8-13,22H,2-3,7,14-15H2,1H3. The van der Waals surface area contributed by atoms with Gasteiger partial charge in [0.1, 0.15) is 11.5 Å². The average molecular weight is 313 g/mol. The molecule has 4 nitrogen and oxygen atoms in total. The molecule has 0 heterocycles. The predicted molar refractivity (Wildman–Crippen MR) is 89.7 cm³/mol. The van der Waals surface area contributed by atoms with E-state index in [1.54, 1.807) is 0 Å². The van der Waals surface area contributed by atoms with Gasteiger partial charge in [0.05, 0.1) is 6.42 Å². The number of unbranched alkanes of at least 4 members (excludes halogenated alkanes) is 2. The van der Waals surface area contributed by atoms with Crippen molar-refractivity contribution in [3.8, 4) is 11.5 Å². The van der Waals surface area contributed by atoms with E-state index in [1.807, 2.05) is 54.6 Å². The van der Waals surface area contributed by atoms with Crippen molar-refractivity contribution in [3.05, 3.63) is 60.2 Å². The molecule has 23 heavy (non-hydrogen) atoms. The van der Waals surface area contributed by atoms with Gasteiger partial charge in [-0.25, -0.2) is 5.06 Å². The van der Waals surface area contributed by atoms with Crippen molar-refractivity contribution in [2.75, 3.05) is 6.54 Å². The molecule has 2 aromatic rings. The number of amides is 1. The van der Waals surface area contributed by atoms with Gasteiger partial charge in [-0.2, -0.15) is 0 Å². The number of benzene rings is 2. The first-order valence-corrected chi connectivity index (χ1v) is 8.00. The highest BCUT2D eigenvalue weighted by atomic mass is 16.5. The van der Waals surface area contributed by atoms with Crippen molar-refractivity contribution in [1.29, 1.82) is 0 Å². The van der Waals surface area contributed by atoms with Crippen molar-refractivity contribution < 1.29 is 14.7 Å². The fourth-order valence-corrected chi connectivity index (χ4v) is 2.20. The van der Waals surface area contributed by atoms with Gasteiger partial charge in [-0.3, -0.25) is 10.0 Å². The van der Waals surface area contributed by atoms with Crippen LogP contribution in [0.25, 0.3) is 0 Å². The van der Waals surface area contributed by atoms with E-state index < -0.39 is 0 Å². The maximum Gasteiger partial charge on any atom is 0.250 e. The van der Waals surface area contributed by atoms with Crippen LogP contribution in [-0.4, -0.2) is 22.7 Å². The molecule has 4 heteroatoms. The summed E-state index contributed by atoms with van der Waals surface area (Å²) in [5, 5.41) is 10.5. The Morgan fingerprint density at radius 3 is 2.30 bits per heavy atom. The number of nitrogens with zero attached hydrogens (tertiary/aromatic N) is 1. The zero-order valence-electron chi connectivity index (χ0n) is 13.4. The summed E-state index contributed by atoms with van der Waals surface area (Å²) in [6, 6.07) is 16.9. The first-order valence-electron chi connectivity index (χ1n) is 8.00. The Hall–Kier alpha value is -2.33. The van der Waals surface area contributed by atoms with E-state index in [-0.39, 0.29) is 12.3 Å². The lowest BCUT2D eigenvalue weighted by atomic mass is 10.1. The molecular formula is C19H23NO3. The van der Waals surface area contributed by atoms with Gasteiger partial charge in [0, 0.05) is 6.54 Å². The minimum atomic E-state index is -0.280. The lowest BCUT2D eigenvalue weighted by molar-refractivity contribution is -0.164. The summed E-state index contributed by atoms with van der Waals surface area (Å²) in [5.74, 6) is 1.21. The highest BCUT2D eigenvalue weighted by Gasteiger charge is 2.11. The highest BCUT2D eigenvalue weighted by molar-refractivity contribution is 5.77. The summed E-state index contributed by atoms with van der Waals surface area (Å²) in [6.07, 6.45) is 3.08. The summed E-state index contributed by atoms with van der Waals surface area (Å²) in [4.78, 5) is 11.9. The molecule has 0 radical (unpaired) electrons. The maximum atomic E-state index is 11.9. The molecule has 2 aromatic carbocycles. The Kier molecular flexibility index (Phi) is 6.63. The second kappa shape index (κ2) is 8.96. The number of carbonyl (C=O) groups excluding carboxylic acids is 1. The van der Waals surface area contributed by atoms with E-state index in [9.17, 15) is 10.0 Å². The number of hydroxylamine groups is 2. The average Bonchev–Trinajstić information content (AvgIpc) is 2.57. The van der Waals surface area contributed by atoms with Crippen molar-refractivity contribution in [3.63, 3.8) is 0 Å². The number of hydrogen-bond donors (Lipinski definition) is 1. The van der Waals surface area contributed by atoms with Crippen LogP contribution in [-0.2, 0) is 11.2 Å². The van der Waals surface area contributed by atoms with Crippen LogP contribution in [0.1, 0.15) is 31.7 Å². The minimum absolute atomic E-state index is 0.189. The van der Waals surface area contributed by atoms with Crippen LogP contribution in [0, 0.1) is 0 Å². The van der Waals surface area contributed by atoms with Crippen LogP contribution in [0.2, 0.25) is 0 Å². The van der Waals surface area contributed by atoms with Crippen molar-refractivity contribution in [2.24, 2.45) is 0 Å². The van der Waals surface area contributed by atoms with Crippen LogP contribution in [0.15, 0.2) is 54.6 Å². The van der Waals surface area contributed by atoms with Gasteiger partial charge >= 0.3 is 0 Å². The normalized spacial score (nSPS) is 10.3. The first-order chi connectivity index (χ1) is 11.2. The van der Waals surface area contributed by atoms with Crippen molar-refractivity contribution in [2.45, 2.75) is 32.6 Å². The molecule has 122 valence electrons. The third-order valence-electron chi connectivity index (χ3n) is 3.52. The molecule has 0 unspecified atom stereocenters. The Labute approximate surface area is 137 Å². The van der Waals surface area contributed by atoms with E-state index in [1.165, 1.54) is 0 Å². The van der Waals surface area contributed by atoms with Gasteiger partial charge in [-0.15, -0.1) is 0 Å². The molecule has 0 atom stereocenters. The summed E-state index contributed by atoms with van der Waals surface area (Å²) >= 11 is 0. The maximum absolute atomic E-state index is 11.9. The SMILES string of the molecule is CCCCCN(O)C(=O)Cc1ccc(Oc2ccccc2)cc1. The summed E-state index contributed by atoms with van der Waals surface area (Å²) in [6.45, 7) is 2.48. The smallest absolute Gasteiger partial charge is 0.250 e. The van der Waals surface area contributed by atoms with Gasteiger partial charge in [0.25, 0.3) is 0 Å². The Morgan fingerprint density at radius 1 is 1.00 bits per heavy atom. The molecule has 0 bridgehead atoms. The first kappa shape index (κ1) is 17.0. The molecule has 0 aliphatic carbocycles. The van der Waals surface area contributed by atoms with E-state index in [0.29, 0.717) is 6.54 Å². The molecule has 1 amide bonds. The molecule has 0 saturated carbocycles. The fraction of sp³-hybridized carbons (Fsp3) is 0.316. The third kappa shape index (κ3) is 5.75. The molecule has 0 aliphatic rings. The van der Waals surface area contributed by atoms with Gasteiger partial charge in [-0.1, -0.05) is 50.1 Å². The number of ether oxygens (including phenoxy) is 1. The molecule has 1 N–H and O–H groups in total. The van der Waals surface area contributed by atoms with Gasteiger partial charge < -0.3 is 4.74 Å². The quantitative estimate of drug-likeness (QED) is 0.445. The van der Waals surface area contributed by atoms with Crippen molar-refractivity contribution >= 4 is 5.91 Å². The van der Waals surface area contributed by atoms with Crippen LogP contribution >= 0.6 is 0 Å². The molecule has 0 aliphatic heterocycles. The monoisotopic (exact) mass is 313 g/mol.